The summed E-state index contributed by atoms with van der Waals surface area (Å²) in [5.41, 5.74) is 5.74. The van der Waals surface area contributed by atoms with E-state index >= 15 is 0 Å². The molecule has 1 heterocycles. The minimum absolute atomic E-state index is 0.274. The van der Waals surface area contributed by atoms with Crippen LogP contribution in [0, 0.1) is 0 Å². The fraction of sp³-hybridized carbons (Fsp3) is 0.192. The highest BCUT2D eigenvalue weighted by Gasteiger charge is 2.21. The highest BCUT2D eigenvalue weighted by atomic mass is 35.5. The fourth-order valence-corrected chi connectivity index (χ4v) is 4.69. The van der Waals surface area contributed by atoms with Gasteiger partial charge in [0.15, 0.2) is 9.84 Å². The van der Waals surface area contributed by atoms with Crippen LogP contribution in [0.1, 0.15) is 25.3 Å². The average Bonchev–Trinajstić information content (AvgIpc) is 3.17. The van der Waals surface area contributed by atoms with Crippen molar-refractivity contribution in [3.63, 3.8) is 0 Å². The predicted molar refractivity (Wildman–Crippen MR) is 136 cm³/mol. The average molecular weight is 499 g/mol. The van der Waals surface area contributed by atoms with Gasteiger partial charge in [0.05, 0.1) is 22.0 Å². The third-order valence-electron chi connectivity index (χ3n) is 5.51. The zero-order valence-electron chi connectivity index (χ0n) is 18.4. The number of halogens is 2. The first kappa shape index (κ1) is 23.6. The van der Waals surface area contributed by atoms with Crippen molar-refractivity contribution >= 4 is 33.0 Å². The van der Waals surface area contributed by atoms with Crippen LogP contribution < -0.4 is 0 Å². The van der Waals surface area contributed by atoms with E-state index in [9.17, 15) is 8.42 Å². The molecule has 0 aliphatic heterocycles. The van der Waals surface area contributed by atoms with Crippen molar-refractivity contribution in [2.75, 3.05) is 6.26 Å². The summed E-state index contributed by atoms with van der Waals surface area (Å²) in [4.78, 5) is 0.274. The molecule has 4 rings (SSSR count). The maximum Gasteiger partial charge on any atom is 0.175 e. The Bertz CT molecular complexity index is 1360. The lowest BCUT2D eigenvalue weighted by molar-refractivity contribution is 0.602. The highest BCUT2D eigenvalue weighted by molar-refractivity contribution is 7.90. The van der Waals surface area contributed by atoms with Crippen molar-refractivity contribution in [2.45, 2.75) is 31.1 Å². The van der Waals surface area contributed by atoms with Crippen molar-refractivity contribution in [1.82, 2.24) is 9.78 Å². The molecule has 7 heteroatoms. The lowest BCUT2D eigenvalue weighted by Gasteiger charge is -2.11. The summed E-state index contributed by atoms with van der Waals surface area (Å²) < 4.78 is 25.8. The number of aromatic nitrogens is 2. The quantitative estimate of drug-likeness (QED) is 0.269. The molecule has 0 saturated heterocycles. The van der Waals surface area contributed by atoms with E-state index in [0.717, 1.165) is 53.0 Å². The van der Waals surface area contributed by atoms with Gasteiger partial charge in [-0.1, -0.05) is 60.8 Å². The van der Waals surface area contributed by atoms with Crippen LogP contribution in [0.3, 0.4) is 0 Å². The maximum absolute atomic E-state index is 11.9. The Morgan fingerprint density at radius 3 is 1.88 bits per heavy atom. The van der Waals surface area contributed by atoms with Gasteiger partial charge in [-0.15, -0.1) is 0 Å². The molecule has 0 bridgehead atoms. The van der Waals surface area contributed by atoms with Gasteiger partial charge < -0.3 is 0 Å². The Morgan fingerprint density at radius 2 is 1.36 bits per heavy atom. The standard InChI is InChI=1S/C26H24Cl2N2O2S/c1-3-4-5-24-25(18-6-10-20(27)11-7-18)29-30(26(24)19-8-12-21(28)13-9-19)22-14-16-23(17-15-22)33(2,31)32/h6-17H,3-5H2,1-2H3. The summed E-state index contributed by atoms with van der Waals surface area (Å²) in [5, 5.41) is 6.35. The van der Waals surface area contributed by atoms with Crippen LogP contribution >= 0.6 is 23.2 Å². The number of benzene rings is 3. The molecule has 0 amide bonds. The van der Waals surface area contributed by atoms with Crippen LogP contribution in [0.4, 0.5) is 0 Å². The van der Waals surface area contributed by atoms with E-state index in [1.165, 1.54) is 6.26 Å². The Kier molecular flexibility index (Phi) is 6.94. The molecule has 0 N–H and O–H groups in total. The molecule has 0 fully saturated rings. The van der Waals surface area contributed by atoms with Crippen molar-refractivity contribution in [2.24, 2.45) is 0 Å². The van der Waals surface area contributed by atoms with Crippen LogP contribution in [0.2, 0.25) is 10.0 Å². The number of hydrogen-bond acceptors (Lipinski definition) is 3. The molecule has 0 atom stereocenters. The predicted octanol–water partition coefficient (Wildman–Crippen LogP) is 7.26. The van der Waals surface area contributed by atoms with E-state index in [-0.39, 0.29) is 4.90 Å². The second-order valence-electron chi connectivity index (χ2n) is 7.97. The van der Waals surface area contributed by atoms with Gasteiger partial charge >= 0.3 is 0 Å². The first-order valence-electron chi connectivity index (χ1n) is 10.7. The number of unbranched alkanes of at least 4 members (excludes halogenated alkanes) is 1. The lowest BCUT2D eigenvalue weighted by Crippen LogP contribution is -2.02. The summed E-state index contributed by atoms with van der Waals surface area (Å²) in [7, 11) is -3.29. The monoisotopic (exact) mass is 498 g/mol. The zero-order valence-corrected chi connectivity index (χ0v) is 20.8. The van der Waals surface area contributed by atoms with Crippen molar-refractivity contribution < 1.29 is 8.42 Å². The fourth-order valence-electron chi connectivity index (χ4n) is 3.81. The number of rotatable bonds is 7. The van der Waals surface area contributed by atoms with E-state index in [2.05, 4.69) is 6.92 Å². The van der Waals surface area contributed by atoms with Gasteiger partial charge in [-0.2, -0.15) is 5.10 Å². The largest absolute Gasteiger partial charge is 0.232 e. The van der Waals surface area contributed by atoms with Gasteiger partial charge in [-0.3, -0.25) is 0 Å². The number of hydrogen-bond donors (Lipinski definition) is 0. The molecule has 4 nitrogen and oxygen atoms in total. The first-order chi connectivity index (χ1) is 15.8. The molecule has 33 heavy (non-hydrogen) atoms. The molecular weight excluding hydrogens is 475 g/mol. The summed E-state index contributed by atoms with van der Waals surface area (Å²) >= 11 is 12.3. The van der Waals surface area contributed by atoms with Gasteiger partial charge in [0.1, 0.15) is 0 Å². The molecule has 0 spiro atoms. The molecule has 0 radical (unpaired) electrons. The first-order valence-corrected chi connectivity index (χ1v) is 13.4. The second-order valence-corrected chi connectivity index (χ2v) is 10.9. The Morgan fingerprint density at radius 1 is 0.818 bits per heavy atom. The smallest absolute Gasteiger partial charge is 0.175 e. The van der Waals surface area contributed by atoms with Gasteiger partial charge in [0.25, 0.3) is 0 Å². The van der Waals surface area contributed by atoms with Gasteiger partial charge in [-0.05, 0) is 61.4 Å². The molecule has 0 unspecified atom stereocenters. The SMILES string of the molecule is CCCCc1c(-c2ccc(Cl)cc2)nn(-c2ccc(S(C)(=O)=O)cc2)c1-c1ccc(Cl)cc1. The Balaban J connectivity index is 1.97. The van der Waals surface area contributed by atoms with Crippen molar-refractivity contribution in [3.05, 3.63) is 88.4 Å². The van der Waals surface area contributed by atoms with E-state index in [1.54, 1.807) is 24.3 Å². The van der Waals surface area contributed by atoms with Crippen LogP contribution in [0.5, 0.6) is 0 Å². The number of nitrogens with zero attached hydrogens (tertiary/aromatic N) is 2. The summed E-state index contributed by atoms with van der Waals surface area (Å²) in [6.45, 7) is 2.16. The summed E-state index contributed by atoms with van der Waals surface area (Å²) in [6, 6.07) is 22.2. The van der Waals surface area contributed by atoms with Gasteiger partial charge in [-0.25, -0.2) is 13.1 Å². The lowest BCUT2D eigenvalue weighted by atomic mass is 9.97. The third-order valence-corrected chi connectivity index (χ3v) is 7.14. The van der Waals surface area contributed by atoms with Crippen LogP contribution in [0.15, 0.2) is 77.7 Å². The molecule has 0 saturated carbocycles. The van der Waals surface area contributed by atoms with E-state index in [1.807, 2.05) is 53.2 Å². The van der Waals surface area contributed by atoms with Crippen LogP contribution in [-0.4, -0.2) is 24.5 Å². The minimum Gasteiger partial charge on any atom is -0.232 e. The van der Waals surface area contributed by atoms with Gasteiger partial charge in [0.2, 0.25) is 0 Å². The van der Waals surface area contributed by atoms with Crippen molar-refractivity contribution in [1.29, 1.82) is 0 Å². The molecular formula is C26H24Cl2N2O2S. The van der Waals surface area contributed by atoms with E-state index in [0.29, 0.717) is 10.0 Å². The minimum atomic E-state index is -3.29. The summed E-state index contributed by atoms with van der Waals surface area (Å²) in [5.74, 6) is 0. The molecule has 3 aromatic carbocycles. The normalized spacial score (nSPS) is 11.6. The van der Waals surface area contributed by atoms with Crippen molar-refractivity contribution in [3.8, 4) is 28.2 Å². The second kappa shape index (κ2) is 9.72. The van der Waals surface area contributed by atoms with E-state index in [4.69, 9.17) is 28.3 Å². The molecule has 4 aromatic rings. The molecule has 0 aliphatic carbocycles. The zero-order chi connectivity index (χ0) is 23.6. The highest BCUT2D eigenvalue weighted by Crippen LogP contribution is 2.36. The maximum atomic E-state index is 11.9. The third kappa shape index (κ3) is 5.16. The molecule has 1 aromatic heterocycles. The topological polar surface area (TPSA) is 52.0 Å². The van der Waals surface area contributed by atoms with Gasteiger partial charge in [0, 0.05) is 33.0 Å². The number of sulfone groups is 1. The Hall–Kier alpha value is -2.60. The molecule has 170 valence electrons. The molecule has 0 aliphatic rings. The van der Waals surface area contributed by atoms with Crippen LogP contribution in [0.25, 0.3) is 28.2 Å². The van der Waals surface area contributed by atoms with Crippen LogP contribution in [-0.2, 0) is 16.3 Å². The Labute approximate surface area is 204 Å². The van der Waals surface area contributed by atoms with E-state index < -0.39 is 9.84 Å². The summed E-state index contributed by atoms with van der Waals surface area (Å²) in [6.07, 6.45) is 4.12.